The molecular weight excluding hydrogens is 357 g/mol. The molecule has 2 N–H and O–H groups in total. The molecule has 2 aromatic carbocycles. The molecule has 2 aromatic rings. The first-order valence-corrected chi connectivity index (χ1v) is 9.17. The summed E-state index contributed by atoms with van der Waals surface area (Å²) in [5, 5.41) is 6.79. The van der Waals surface area contributed by atoms with Gasteiger partial charge in [-0.2, -0.15) is 0 Å². The molecule has 0 unspecified atom stereocenters. The van der Waals surface area contributed by atoms with Crippen molar-refractivity contribution in [3.8, 4) is 0 Å². The van der Waals surface area contributed by atoms with E-state index >= 15 is 0 Å². The molecule has 25 heavy (non-hydrogen) atoms. The zero-order chi connectivity index (χ0) is 17.8. The number of para-hydroxylation sites is 1. The van der Waals surface area contributed by atoms with E-state index in [1.807, 2.05) is 0 Å². The lowest BCUT2D eigenvalue weighted by atomic mass is 10.1. The number of thiocarbonyl (C=S) groups is 1. The molecule has 0 spiro atoms. The second kappa shape index (κ2) is 8.02. The average Bonchev–Trinajstić information content (AvgIpc) is 2.90. The fraction of sp³-hybridized carbons (Fsp3) is 0.316. The molecule has 1 heterocycles. The highest BCUT2D eigenvalue weighted by molar-refractivity contribution is 7.80. The third kappa shape index (κ3) is 4.41. The Kier molecular flexibility index (Phi) is 5.76. The number of fused-ring (bicyclic) bond motifs is 1. The van der Waals surface area contributed by atoms with Gasteiger partial charge in [-0.3, -0.25) is 0 Å². The predicted octanol–water partition coefficient (Wildman–Crippen LogP) is 4.61. The van der Waals surface area contributed by atoms with Crippen LogP contribution in [0.25, 0.3) is 0 Å². The molecule has 0 bridgehead atoms. The number of nitrogens with zero attached hydrogens (tertiary/aromatic N) is 1. The van der Waals surface area contributed by atoms with Gasteiger partial charge in [-0.05, 0) is 61.8 Å². The van der Waals surface area contributed by atoms with E-state index in [0.717, 1.165) is 25.9 Å². The minimum absolute atomic E-state index is 0.0782. The Labute approximate surface area is 158 Å². The highest BCUT2D eigenvalue weighted by Gasteiger charge is 2.24. The Morgan fingerprint density at radius 2 is 2.12 bits per heavy atom. The molecule has 0 fully saturated rings. The van der Waals surface area contributed by atoms with Crippen LogP contribution < -0.4 is 15.5 Å². The van der Waals surface area contributed by atoms with E-state index in [0.29, 0.717) is 16.8 Å². The van der Waals surface area contributed by atoms with Crippen molar-refractivity contribution in [2.75, 3.05) is 23.3 Å². The van der Waals surface area contributed by atoms with Crippen LogP contribution in [0, 0.1) is 5.82 Å². The van der Waals surface area contributed by atoms with Crippen molar-refractivity contribution in [2.24, 2.45) is 0 Å². The van der Waals surface area contributed by atoms with Crippen molar-refractivity contribution in [2.45, 2.75) is 25.8 Å². The maximum absolute atomic E-state index is 13.2. The summed E-state index contributed by atoms with van der Waals surface area (Å²) < 4.78 is 13.2. The smallest absolute Gasteiger partial charge is 0.170 e. The third-order valence-corrected chi connectivity index (χ3v) is 4.92. The number of halogens is 2. The average molecular weight is 378 g/mol. The quantitative estimate of drug-likeness (QED) is 0.588. The van der Waals surface area contributed by atoms with Gasteiger partial charge in [0.15, 0.2) is 5.11 Å². The van der Waals surface area contributed by atoms with Crippen molar-refractivity contribution < 1.29 is 4.39 Å². The zero-order valence-corrected chi connectivity index (χ0v) is 15.6. The predicted molar refractivity (Wildman–Crippen MR) is 107 cm³/mol. The second-order valence-electron chi connectivity index (χ2n) is 6.24. The lowest BCUT2D eigenvalue weighted by Gasteiger charge is -2.25. The minimum atomic E-state index is -0.439. The van der Waals surface area contributed by atoms with Gasteiger partial charge in [-0.1, -0.05) is 29.8 Å². The monoisotopic (exact) mass is 377 g/mol. The molecule has 3 rings (SSSR count). The van der Waals surface area contributed by atoms with Crippen molar-refractivity contribution in [3.63, 3.8) is 0 Å². The molecule has 132 valence electrons. The van der Waals surface area contributed by atoms with Crippen LogP contribution in [0.15, 0.2) is 42.5 Å². The molecule has 0 saturated carbocycles. The summed E-state index contributed by atoms with van der Waals surface area (Å²) >= 11 is 11.0. The summed E-state index contributed by atoms with van der Waals surface area (Å²) in [6.07, 6.45) is 2.08. The van der Waals surface area contributed by atoms with Gasteiger partial charge in [0.2, 0.25) is 0 Å². The standard InChI is InChI=1S/C19H21ClFN3S/c1-13-11-14-5-2-3-6-18(14)24(13)10-4-9-22-19(25)23-15-7-8-17(21)16(20)12-15/h2-3,5-8,12-13H,4,9-11H2,1H3,(H2,22,23,25)/t13-/m0/s1. The Morgan fingerprint density at radius 3 is 2.92 bits per heavy atom. The zero-order valence-electron chi connectivity index (χ0n) is 14.1. The molecule has 0 saturated heterocycles. The summed E-state index contributed by atoms with van der Waals surface area (Å²) in [6, 6.07) is 13.6. The van der Waals surface area contributed by atoms with Crippen molar-refractivity contribution in [1.29, 1.82) is 0 Å². The van der Waals surface area contributed by atoms with Crippen LogP contribution in [-0.4, -0.2) is 24.2 Å². The Bertz CT molecular complexity index is 768. The molecule has 0 aromatic heterocycles. The summed E-state index contributed by atoms with van der Waals surface area (Å²) in [4.78, 5) is 2.45. The first-order valence-electron chi connectivity index (χ1n) is 8.39. The van der Waals surface area contributed by atoms with Gasteiger partial charge >= 0.3 is 0 Å². The van der Waals surface area contributed by atoms with E-state index in [9.17, 15) is 4.39 Å². The van der Waals surface area contributed by atoms with E-state index < -0.39 is 5.82 Å². The van der Waals surface area contributed by atoms with Gasteiger partial charge in [0.1, 0.15) is 5.82 Å². The fourth-order valence-electron chi connectivity index (χ4n) is 3.17. The summed E-state index contributed by atoms with van der Waals surface area (Å²) in [6.45, 7) is 4.01. The maximum Gasteiger partial charge on any atom is 0.170 e. The van der Waals surface area contributed by atoms with Gasteiger partial charge in [-0.15, -0.1) is 0 Å². The second-order valence-corrected chi connectivity index (χ2v) is 7.05. The van der Waals surface area contributed by atoms with E-state index in [1.54, 1.807) is 6.07 Å². The van der Waals surface area contributed by atoms with Gasteiger partial charge in [0.05, 0.1) is 5.02 Å². The Balaban J connectivity index is 1.44. The maximum atomic E-state index is 13.2. The van der Waals surface area contributed by atoms with Crippen molar-refractivity contribution in [1.82, 2.24) is 5.32 Å². The number of anilines is 2. The van der Waals surface area contributed by atoms with Crippen LogP contribution in [0.3, 0.4) is 0 Å². The van der Waals surface area contributed by atoms with E-state index in [4.69, 9.17) is 23.8 Å². The van der Waals surface area contributed by atoms with Gasteiger partial charge < -0.3 is 15.5 Å². The van der Waals surface area contributed by atoms with Crippen molar-refractivity contribution >= 4 is 40.3 Å². The van der Waals surface area contributed by atoms with Gasteiger partial charge in [-0.25, -0.2) is 4.39 Å². The molecule has 0 radical (unpaired) electrons. The molecule has 1 aliphatic rings. The first kappa shape index (κ1) is 18.0. The van der Waals surface area contributed by atoms with Crippen LogP contribution in [-0.2, 0) is 6.42 Å². The summed E-state index contributed by atoms with van der Waals surface area (Å²) in [7, 11) is 0. The Hall–Kier alpha value is -1.85. The fourth-order valence-corrected chi connectivity index (χ4v) is 3.57. The number of hydrogen-bond donors (Lipinski definition) is 2. The molecule has 6 heteroatoms. The van der Waals surface area contributed by atoms with E-state index in [2.05, 4.69) is 46.7 Å². The third-order valence-electron chi connectivity index (χ3n) is 4.39. The normalized spacial score (nSPS) is 15.8. The van der Waals surface area contributed by atoms with Crippen LogP contribution in [0.5, 0.6) is 0 Å². The van der Waals surface area contributed by atoms with Crippen LogP contribution >= 0.6 is 23.8 Å². The molecular formula is C19H21ClFN3S. The van der Waals surface area contributed by atoms with Gasteiger partial charge in [0.25, 0.3) is 0 Å². The minimum Gasteiger partial charge on any atom is -0.368 e. The highest BCUT2D eigenvalue weighted by atomic mass is 35.5. The summed E-state index contributed by atoms with van der Waals surface area (Å²) in [5.74, 6) is -0.439. The lowest BCUT2D eigenvalue weighted by molar-refractivity contribution is 0.628. The number of benzene rings is 2. The van der Waals surface area contributed by atoms with Crippen LogP contribution in [0.1, 0.15) is 18.9 Å². The molecule has 1 atom stereocenters. The first-order chi connectivity index (χ1) is 12.0. The largest absolute Gasteiger partial charge is 0.368 e. The van der Waals surface area contributed by atoms with E-state index in [1.165, 1.54) is 23.4 Å². The van der Waals surface area contributed by atoms with E-state index in [-0.39, 0.29) is 5.02 Å². The van der Waals surface area contributed by atoms with Crippen LogP contribution in [0.4, 0.5) is 15.8 Å². The Morgan fingerprint density at radius 1 is 1.32 bits per heavy atom. The molecule has 1 aliphatic heterocycles. The number of rotatable bonds is 5. The number of hydrogen-bond acceptors (Lipinski definition) is 2. The molecule has 0 amide bonds. The number of nitrogens with one attached hydrogen (secondary N) is 2. The topological polar surface area (TPSA) is 27.3 Å². The highest BCUT2D eigenvalue weighted by Crippen LogP contribution is 2.31. The molecule has 0 aliphatic carbocycles. The van der Waals surface area contributed by atoms with Gasteiger partial charge in [0, 0.05) is 30.5 Å². The van der Waals surface area contributed by atoms with Crippen molar-refractivity contribution in [3.05, 3.63) is 58.9 Å². The lowest BCUT2D eigenvalue weighted by Crippen LogP contribution is -2.34. The molecule has 3 nitrogen and oxygen atoms in total. The van der Waals surface area contributed by atoms with Crippen LogP contribution in [0.2, 0.25) is 5.02 Å². The SMILES string of the molecule is C[C@H]1Cc2ccccc2N1CCCNC(=S)Nc1ccc(F)c(Cl)c1. The summed E-state index contributed by atoms with van der Waals surface area (Å²) in [5.41, 5.74) is 3.44.